The number of aldehydes is 1. The average molecular weight is 491 g/mol. The molecule has 2 aromatic heterocycles. The van der Waals surface area contributed by atoms with E-state index in [1.807, 2.05) is 37.2 Å². The lowest BCUT2D eigenvalue weighted by molar-refractivity contribution is -0.387. The van der Waals surface area contributed by atoms with E-state index in [-0.39, 0.29) is 5.69 Å². The second-order valence-electron chi connectivity index (χ2n) is 7.82. The molecule has 1 N–H and O–H groups in total. The number of carbonyl (C=O) groups is 1. The Balaban J connectivity index is 1.54. The van der Waals surface area contributed by atoms with E-state index in [0.717, 1.165) is 38.4 Å². The van der Waals surface area contributed by atoms with E-state index in [1.54, 1.807) is 41.9 Å². The van der Waals surface area contributed by atoms with Gasteiger partial charge < -0.3 is 9.62 Å². The van der Waals surface area contributed by atoms with Crippen LogP contribution in [0.4, 0.5) is 11.4 Å². The molecule has 2 aromatic carbocycles. The molecule has 0 radical (unpaired) electrons. The summed E-state index contributed by atoms with van der Waals surface area (Å²) in [6.45, 7) is 0.690. The Hall–Kier alpha value is -3.53. The fourth-order valence-corrected chi connectivity index (χ4v) is 5.16. The smallest absolute Gasteiger partial charge is 0.284 e. The van der Waals surface area contributed by atoms with Crippen molar-refractivity contribution in [1.29, 1.82) is 0 Å². The molecule has 34 heavy (non-hydrogen) atoms. The number of hydrogen-bond acceptors (Lipinski definition) is 8. The third kappa shape index (κ3) is 5.51. The van der Waals surface area contributed by atoms with Gasteiger partial charge in [-0.25, -0.2) is 0 Å². The highest BCUT2D eigenvalue weighted by molar-refractivity contribution is 8.00. The molecule has 0 fully saturated rings. The van der Waals surface area contributed by atoms with Gasteiger partial charge in [0.2, 0.25) is 0 Å². The first-order valence-corrected chi connectivity index (χ1v) is 12.0. The van der Waals surface area contributed by atoms with Gasteiger partial charge in [-0.1, -0.05) is 24.3 Å². The van der Waals surface area contributed by atoms with Crippen LogP contribution in [0, 0.1) is 10.1 Å². The molecule has 7 nitrogen and oxygen atoms in total. The lowest BCUT2D eigenvalue weighted by atomic mass is 10.0. The van der Waals surface area contributed by atoms with E-state index in [9.17, 15) is 14.9 Å². The van der Waals surface area contributed by atoms with Crippen molar-refractivity contribution in [1.82, 2.24) is 9.88 Å². The summed E-state index contributed by atoms with van der Waals surface area (Å²) in [5, 5.41) is 11.2. The van der Waals surface area contributed by atoms with Gasteiger partial charge >= 0.3 is 0 Å². The van der Waals surface area contributed by atoms with E-state index in [1.165, 1.54) is 18.0 Å². The molecule has 0 saturated heterocycles. The predicted octanol–water partition coefficient (Wildman–Crippen LogP) is 6.38. The zero-order valence-electron chi connectivity index (χ0n) is 18.6. The molecule has 0 saturated carbocycles. The van der Waals surface area contributed by atoms with Crippen molar-refractivity contribution in [2.45, 2.75) is 11.4 Å². The SMILES string of the molecule is CN(C)Cc1cc(-c2ccc(-c3cncc(NSc4ccccc4[N+](=O)[O-])c3)s2)ccc1C=O. The Bertz CT molecular complexity index is 1340. The minimum atomic E-state index is -0.391. The van der Waals surface area contributed by atoms with Gasteiger partial charge in [0.25, 0.3) is 5.69 Å². The van der Waals surface area contributed by atoms with Crippen molar-refractivity contribution in [3.8, 4) is 20.9 Å². The highest BCUT2D eigenvalue weighted by Gasteiger charge is 2.14. The van der Waals surface area contributed by atoms with Crippen LogP contribution in [0.3, 0.4) is 0 Å². The number of nitro groups is 1. The van der Waals surface area contributed by atoms with Crippen molar-refractivity contribution in [2.24, 2.45) is 0 Å². The number of carbonyl (C=O) groups excluding carboxylic acids is 1. The molecule has 0 bridgehead atoms. The van der Waals surface area contributed by atoms with Crippen LogP contribution < -0.4 is 4.72 Å². The normalized spacial score (nSPS) is 10.9. The van der Waals surface area contributed by atoms with Crippen LogP contribution in [0.25, 0.3) is 20.9 Å². The van der Waals surface area contributed by atoms with E-state index in [4.69, 9.17) is 0 Å². The number of thiophene rings is 1. The van der Waals surface area contributed by atoms with Gasteiger partial charge in [0.05, 0.1) is 16.8 Å². The third-order valence-electron chi connectivity index (χ3n) is 5.01. The van der Waals surface area contributed by atoms with Crippen LogP contribution in [0.2, 0.25) is 0 Å². The van der Waals surface area contributed by atoms with Gasteiger partial charge in [0, 0.05) is 39.7 Å². The van der Waals surface area contributed by atoms with E-state index < -0.39 is 4.92 Å². The Morgan fingerprint density at radius 1 is 1.06 bits per heavy atom. The van der Waals surface area contributed by atoms with Gasteiger partial charge in [0.1, 0.15) is 11.2 Å². The number of nitro benzene ring substituents is 1. The summed E-state index contributed by atoms with van der Waals surface area (Å²) in [6.07, 6.45) is 4.38. The second kappa shape index (κ2) is 10.6. The molecule has 0 unspecified atom stereocenters. The fourth-order valence-electron chi connectivity index (χ4n) is 3.44. The fraction of sp³-hybridized carbons (Fsp3) is 0.120. The number of para-hydroxylation sites is 1. The van der Waals surface area contributed by atoms with Crippen LogP contribution in [0.5, 0.6) is 0 Å². The molecule has 2 heterocycles. The zero-order chi connectivity index (χ0) is 24.1. The van der Waals surface area contributed by atoms with Gasteiger partial charge in [-0.15, -0.1) is 11.3 Å². The van der Waals surface area contributed by atoms with Gasteiger partial charge in [-0.05, 0) is 67.5 Å². The number of nitrogens with one attached hydrogen (secondary N) is 1. The average Bonchev–Trinajstić information content (AvgIpc) is 3.33. The highest BCUT2D eigenvalue weighted by atomic mass is 32.2. The van der Waals surface area contributed by atoms with Crippen molar-refractivity contribution in [3.63, 3.8) is 0 Å². The van der Waals surface area contributed by atoms with E-state index >= 15 is 0 Å². The zero-order valence-corrected chi connectivity index (χ0v) is 20.2. The molecule has 0 amide bonds. The molecular weight excluding hydrogens is 468 g/mol. The Morgan fingerprint density at radius 3 is 2.56 bits per heavy atom. The van der Waals surface area contributed by atoms with Crippen LogP contribution in [0.1, 0.15) is 15.9 Å². The van der Waals surface area contributed by atoms with Crippen molar-refractivity contribution in [3.05, 3.63) is 94.3 Å². The number of hydrogen-bond donors (Lipinski definition) is 1. The first-order valence-electron chi connectivity index (χ1n) is 10.4. The summed E-state index contributed by atoms with van der Waals surface area (Å²) in [6, 6.07) is 18.6. The number of aromatic nitrogens is 1. The first kappa shape index (κ1) is 23.6. The number of nitrogens with zero attached hydrogens (tertiary/aromatic N) is 3. The maximum absolute atomic E-state index is 11.4. The number of anilines is 1. The van der Waals surface area contributed by atoms with Gasteiger partial charge in [0.15, 0.2) is 0 Å². The molecule has 9 heteroatoms. The summed E-state index contributed by atoms with van der Waals surface area (Å²) in [7, 11) is 3.96. The predicted molar refractivity (Wildman–Crippen MR) is 138 cm³/mol. The first-order chi connectivity index (χ1) is 16.4. The molecule has 0 aliphatic rings. The monoisotopic (exact) mass is 490 g/mol. The lowest BCUT2D eigenvalue weighted by Crippen LogP contribution is -2.12. The quantitative estimate of drug-likeness (QED) is 0.126. The van der Waals surface area contributed by atoms with E-state index in [0.29, 0.717) is 17.0 Å². The maximum atomic E-state index is 11.4. The summed E-state index contributed by atoms with van der Waals surface area (Å²) in [5.74, 6) is 0. The Kier molecular flexibility index (Phi) is 7.36. The topological polar surface area (TPSA) is 88.4 Å². The molecular formula is C25H22N4O3S2. The lowest BCUT2D eigenvalue weighted by Gasteiger charge is -2.12. The van der Waals surface area contributed by atoms with Gasteiger partial charge in [-0.3, -0.25) is 19.9 Å². The third-order valence-corrected chi connectivity index (χ3v) is 7.10. The number of benzene rings is 2. The molecule has 172 valence electrons. The summed E-state index contributed by atoms with van der Waals surface area (Å²) in [5.41, 5.74) is 4.51. The molecule has 4 aromatic rings. The maximum Gasteiger partial charge on any atom is 0.284 e. The van der Waals surface area contributed by atoms with Crippen molar-refractivity contribution < 1.29 is 9.72 Å². The largest absolute Gasteiger partial charge is 0.324 e. The second-order valence-corrected chi connectivity index (χ2v) is 9.76. The summed E-state index contributed by atoms with van der Waals surface area (Å²) >= 11 is 2.83. The van der Waals surface area contributed by atoms with Crippen molar-refractivity contribution >= 4 is 40.9 Å². The minimum Gasteiger partial charge on any atom is -0.324 e. The van der Waals surface area contributed by atoms with Gasteiger partial charge in [-0.2, -0.15) is 0 Å². The summed E-state index contributed by atoms with van der Waals surface area (Å²) < 4.78 is 3.16. The Labute approximate surface area is 205 Å². The molecule has 0 aliphatic heterocycles. The molecule has 0 aliphatic carbocycles. The van der Waals surface area contributed by atoms with Crippen LogP contribution in [-0.2, 0) is 6.54 Å². The molecule has 0 spiro atoms. The van der Waals surface area contributed by atoms with Crippen LogP contribution in [0.15, 0.2) is 78.0 Å². The highest BCUT2D eigenvalue weighted by Crippen LogP contribution is 2.36. The van der Waals surface area contributed by atoms with E-state index in [2.05, 4.69) is 27.9 Å². The van der Waals surface area contributed by atoms with Crippen LogP contribution in [-0.4, -0.2) is 35.2 Å². The molecule has 4 rings (SSSR count). The molecule has 0 atom stereocenters. The Morgan fingerprint density at radius 2 is 1.82 bits per heavy atom. The summed E-state index contributed by atoms with van der Waals surface area (Å²) in [4.78, 5) is 31.3. The number of pyridine rings is 1. The minimum absolute atomic E-state index is 0.0567. The van der Waals surface area contributed by atoms with Crippen molar-refractivity contribution in [2.75, 3.05) is 18.8 Å². The number of rotatable bonds is 9. The van der Waals surface area contributed by atoms with Crippen LogP contribution >= 0.6 is 23.3 Å². The standard InChI is InChI=1S/C25H22N4O3S2/c1-28(2)15-20-11-17(7-8-18(20)16-30)23-9-10-24(33-23)19-12-21(14-26-13-19)27-34-25-6-4-3-5-22(25)29(31)32/h3-14,16,27H,15H2,1-2H3.